The first-order valence-corrected chi connectivity index (χ1v) is 5.78. The summed E-state index contributed by atoms with van der Waals surface area (Å²) in [6.07, 6.45) is 0.670. The van der Waals surface area contributed by atoms with Gasteiger partial charge in [-0.15, -0.1) is 0 Å². The Morgan fingerprint density at radius 1 is 1.29 bits per heavy atom. The molecule has 0 aliphatic heterocycles. The summed E-state index contributed by atoms with van der Waals surface area (Å²) in [5.74, 6) is -0.117. The minimum Gasteiger partial charge on any atom is -0.508 e. The fourth-order valence-corrected chi connectivity index (χ4v) is 1.34. The van der Waals surface area contributed by atoms with Gasteiger partial charge in [0, 0.05) is 5.56 Å². The average Bonchev–Trinajstić information content (AvgIpc) is 2.14. The van der Waals surface area contributed by atoms with E-state index in [1.165, 1.54) is 0 Å². The topological polar surface area (TPSA) is 77.8 Å². The molecule has 0 bridgehead atoms. The number of hydrogen-bond acceptors (Lipinski definition) is 2. The highest BCUT2D eigenvalue weighted by Crippen LogP contribution is 2.34. The largest absolute Gasteiger partial charge is 0.508 e. The minimum atomic E-state index is -4.08. The lowest BCUT2D eigenvalue weighted by atomic mass is 10.2. The van der Waals surface area contributed by atoms with Crippen molar-refractivity contribution in [1.29, 1.82) is 0 Å². The van der Waals surface area contributed by atoms with Gasteiger partial charge in [0.2, 0.25) is 0 Å². The summed E-state index contributed by atoms with van der Waals surface area (Å²) in [6, 6.07) is 8.57. The van der Waals surface area contributed by atoms with Crippen molar-refractivity contribution in [2.75, 3.05) is 6.16 Å². The third-order valence-corrected chi connectivity index (χ3v) is 2.25. The first-order chi connectivity index (χ1) is 6.49. The Kier molecular flexibility index (Phi) is 3.47. The Labute approximate surface area is 81.7 Å². The summed E-state index contributed by atoms with van der Waals surface area (Å²) in [5.41, 5.74) is 0.543. The predicted octanol–water partition coefficient (Wildman–Crippen LogP) is 1.76. The van der Waals surface area contributed by atoms with Crippen LogP contribution >= 0.6 is 7.60 Å². The molecule has 0 aromatic heterocycles. The normalized spacial score (nSPS) is 12.9. The van der Waals surface area contributed by atoms with Crippen LogP contribution in [0.1, 0.15) is 5.56 Å². The van der Waals surface area contributed by atoms with E-state index < -0.39 is 13.8 Å². The van der Waals surface area contributed by atoms with Crippen molar-refractivity contribution in [2.24, 2.45) is 0 Å². The SMILES string of the molecule is O=P(O)(O)CC=C(O)c1ccccc1. The lowest BCUT2D eigenvalue weighted by Crippen LogP contribution is -1.87. The molecule has 14 heavy (non-hydrogen) atoms. The number of rotatable bonds is 3. The second kappa shape index (κ2) is 4.42. The molecule has 0 saturated heterocycles. The standard InChI is InChI=1S/C9H11O4P/c10-9(6-7-14(11,12)13)8-4-2-1-3-5-8/h1-6,10H,7H2,(H2,11,12,13). The van der Waals surface area contributed by atoms with E-state index in [4.69, 9.17) is 9.79 Å². The Morgan fingerprint density at radius 3 is 2.36 bits per heavy atom. The zero-order valence-electron chi connectivity index (χ0n) is 7.37. The van der Waals surface area contributed by atoms with Gasteiger partial charge in [-0.1, -0.05) is 30.3 Å². The fraction of sp³-hybridized carbons (Fsp3) is 0.111. The molecular formula is C9H11O4P. The molecule has 5 heteroatoms. The second-order valence-corrected chi connectivity index (χ2v) is 4.50. The highest BCUT2D eigenvalue weighted by Gasteiger charge is 2.10. The van der Waals surface area contributed by atoms with Crippen LogP contribution in [0.4, 0.5) is 0 Å². The summed E-state index contributed by atoms with van der Waals surface area (Å²) in [6.45, 7) is 0. The van der Waals surface area contributed by atoms with Gasteiger partial charge in [-0.25, -0.2) is 0 Å². The average molecular weight is 214 g/mol. The zero-order chi connectivity index (χ0) is 10.6. The molecule has 0 heterocycles. The summed E-state index contributed by atoms with van der Waals surface area (Å²) in [7, 11) is -4.08. The van der Waals surface area contributed by atoms with Crippen LogP contribution < -0.4 is 0 Å². The van der Waals surface area contributed by atoms with E-state index in [1.54, 1.807) is 30.3 Å². The summed E-state index contributed by atoms with van der Waals surface area (Å²) >= 11 is 0. The van der Waals surface area contributed by atoms with Gasteiger partial charge < -0.3 is 14.9 Å². The molecule has 0 spiro atoms. The van der Waals surface area contributed by atoms with Crippen molar-refractivity contribution in [2.45, 2.75) is 0 Å². The monoisotopic (exact) mass is 214 g/mol. The Balaban J connectivity index is 2.76. The van der Waals surface area contributed by atoms with Gasteiger partial charge in [0.15, 0.2) is 0 Å². The highest BCUT2D eigenvalue weighted by atomic mass is 31.2. The lowest BCUT2D eigenvalue weighted by Gasteiger charge is -2.01. The van der Waals surface area contributed by atoms with E-state index in [9.17, 15) is 9.67 Å². The molecule has 0 aliphatic rings. The van der Waals surface area contributed by atoms with Crippen molar-refractivity contribution < 1.29 is 19.5 Å². The van der Waals surface area contributed by atoms with Crippen LogP contribution in [0.3, 0.4) is 0 Å². The zero-order valence-corrected chi connectivity index (χ0v) is 8.26. The molecule has 0 amide bonds. The van der Waals surface area contributed by atoms with Crippen molar-refractivity contribution in [3.05, 3.63) is 42.0 Å². The van der Waals surface area contributed by atoms with Gasteiger partial charge >= 0.3 is 7.60 Å². The predicted molar refractivity (Wildman–Crippen MR) is 54.0 cm³/mol. The number of hydrogen-bond donors (Lipinski definition) is 3. The molecule has 1 aromatic carbocycles. The second-order valence-electron chi connectivity index (χ2n) is 2.80. The number of benzene rings is 1. The number of aliphatic hydroxyl groups excluding tert-OH is 1. The van der Waals surface area contributed by atoms with Gasteiger partial charge in [0.1, 0.15) is 5.76 Å². The summed E-state index contributed by atoms with van der Waals surface area (Å²) in [4.78, 5) is 17.1. The summed E-state index contributed by atoms with van der Waals surface area (Å²) < 4.78 is 10.5. The molecule has 1 rings (SSSR count). The first-order valence-electron chi connectivity index (χ1n) is 3.98. The molecule has 4 nitrogen and oxygen atoms in total. The molecule has 76 valence electrons. The van der Waals surface area contributed by atoms with Crippen LogP contribution in [-0.4, -0.2) is 21.1 Å². The van der Waals surface area contributed by atoms with E-state index in [0.29, 0.717) is 5.56 Å². The van der Waals surface area contributed by atoms with E-state index in [0.717, 1.165) is 6.08 Å². The van der Waals surface area contributed by atoms with Gasteiger partial charge in [0.05, 0.1) is 6.16 Å². The van der Waals surface area contributed by atoms with Crippen molar-refractivity contribution in [3.63, 3.8) is 0 Å². The Bertz CT molecular complexity index is 366. The van der Waals surface area contributed by atoms with Crippen molar-refractivity contribution in [3.8, 4) is 0 Å². The molecule has 0 fully saturated rings. The van der Waals surface area contributed by atoms with Crippen LogP contribution in [0.15, 0.2) is 36.4 Å². The Hall–Kier alpha value is -1.09. The quantitative estimate of drug-likeness (QED) is 0.529. The molecule has 1 aromatic rings. The first kappa shape index (κ1) is 11.0. The molecule has 0 saturated carbocycles. The Morgan fingerprint density at radius 2 is 1.86 bits per heavy atom. The van der Waals surface area contributed by atoms with Gasteiger partial charge in [0.25, 0.3) is 0 Å². The van der Waals surface area contributed by atoms with E-state index >= 15 is 0 Å². The number of aliphatic hydroxyl groups is 1. The molecule has 0 radical (unpaired) electrons. The number of allylic oxidation sites excluding steroid dienone is 1. The molecule has 0 unspecified atom stereocenters. The van der Waals surface area contributed by atoms with Gasteiger partial charge in [-0.05, 0) is 6.08 Å². The summed E-state index contributed by atoms with van der Waals surface area (Å²) in [5, 5.41) is 9.40. The molecular weight excluding hydrogens is 203 g/mol. The lowest BCUT2D eigenvalue weighted by molar-refractivity contribution is 0.376. The fourth-order valence-electron chi connectivity index (χ4n) is 0.932. The van der Waals surface area contributed by atoms with Crippen molar-refractivity contribution in [1.82, 2.24) is 0 Å². The van der Waals surface area contributed by atoms with E-state index in [1.807, 2.05) is 0 Å². The molecule has 0 aliphatic carbocycles. The maximum absolute atomic E-state index is 10.5. The van der Waals surface area contributed by atoms with Crippen LogP contribution in [0.5, 0.6) is 0 Å². The highest BCUT2D eigenvalue weighted by molar-refractivity contribution is 7.51. The van der Waals surface area contributed by atoms with Crippen LogP contribution in [0.25, 0.3) is 5.76 Å². The maximum Gasteiger partial charge on any atom is 0.329 e. The molecule has 3 N–H and O–H groups in total. The van der Waals surface area contributed by atoms with Crippen molar-refractivity contribution >= 4 is 13.4 Å². The van der Waals surface area contributed by atoms with Gasteiger partial charge in [-0.3, -0.25) is 4.57 Å². The van der Waals surface area contributed by atoms with Crippen LogP contribution in [0, 0.1) is 0 Å². The maximum atomic E-state index is 10.5. The van der Waals surface area contributed by atoms with Crippen LogP contribution in [-0.2, 0) is 4.57 Å². The van der Waals surface area contributed by atoms with E-state index in [-0.39, 0.29) is 5.76 Å². The third kappa shape index (κ3) is 3.75. The van der Waals surface area contributed by atoms with E-state index in [2.05, 4.69) is 0 Å². The smallest absolute Gasteiger partial charge is 0.329 e. The van der Waals surface area contributed by atoms with Crippen LogP contribution in [0.2, 0.25) is 0 Å². The van der Waals surface area contributed by atoms with Gasteiger partial charge in [-0.2, -0.15) is 0 Å². The minimum absolute atomic E-state index is 0.117. The third-order valence-electron chi connectivity index (χ3n) is 1.59. The molecule has 0 atom stereocenters.